The van der Waals surface area contributed by atoms with Crippen molar-refractivity contribution in [3.8, 4) is 0 Å². The van der Waals surface area contributed by atoms with Crippen LogP contribution in [0.4, 0.5) is 10.5 Å². The predicted molar refractivity (Wildman–Crippen MR) is 54.5 cm³/mol. The Kier molecular flexibility index (Phi) is 1.96. The number of carbonyl (C=O) groups is 1. The van der Waals surface area contributed by atoms with Crippen molar-refractivity contribution in [3.63, 3.8) is 0 Å². The lowest BCUT2D eigenvalue weighted by Gasteiger charge is -2.37. The predicted octanol–water partition coefficient (Wildman–Crippen LogP) is 1.67. The van der Waals surface area contributed by atoms with Crippen LogP contribution in [0.2, 0.25) is 0 Å². The zero-order valence-electron chi connectivity index (χ0n) is 8.14. The van der Waals surface area contributed by atoms with Crippen LogP contribution in [0.5, 0.6) is 0 Å². The van der Waals surface area contributed by atoms with Crippen LogP contribution >= 0.6 is 0 Å². The third-order valence-electron chi connectivity index (χ3n) is 2.16. The minimum absolute atomic E-state index is 0.0281. The van der Waals surface area contributed by atoms with Crippen LogP contribution in [0.25, 0.3) is 0 Å². The molecule has 1 saturated heterocycles. The van der Waals surface area contributed by atoms with Crippen LogP contribution in [-0.2, 0) is 0 Å². The molecule has 1 aliphatic heterocycles. The Morgan fingerprint density at radius 3 is 2.21 bits per heavy atom. The fourth-order valence-electron chi connectivity index (χ4n) is 1.34. The Labute approximate surface area is 82.5 Å². The van der Waals surface area contributed by atoms with Gasteiger partial charge in [-0.3, -0.25) is 9.80 Å². The molecule has 2 amide bonds. The molecule has 0 atom stereocenters. The van der Waals surface area contributed by atoms with Crippen molar-refractivity contribution < 1.29 is 4.79 Å². The molecule has 1 fully saturated rings. The van der Waals surface area contributed by atoms with Gasteiger partial charge in [-0.25, -0.2) is 9.79 Å². The summed E-state index contributed by atoms with van der Waals surface area (Å²) in [6.45, 7) is 0. The van der Waals surface area contributed by atoms with E-state index in [2.05, 4.69) is 4.99 Å². The van der Waals surface area contributed by atoms with Gasteiger partial charge in [-0.05, 0) is 12.1 Å². The number of urea groups is 1. The summed E-state index contributed by atoms with van der Waals surface area (Å²) in [5.41, 5.74) is 0.855. The standard InChI is InChI=1S/C10H11N3O/c1-12-9(13(2)10(12)14)11-8-6-4-3-5-7-8/h3-7H,1-2H3. The van der Waals surface area contributed by atoms with Gasteiger partial charge in [0.25, 0.3) is 0 Å². The number of carbonyl (C=O) groups excluding carboxylic acids is 1. The molecule has 4 heteroatoms. The Morgan fingerprint density at radius 1 is 1.07 bits per heavy atom. The number of hydrogen-bond acceptors (Lipinski definition) is 2. The van der Waals surface area contributed by atoms with Gasteiger partial charge >= 0.3 is 6.03 Å². The molecule has 1 aromatic rings. The molecule has 2 rings (SSSR count). The van der Waals surface area contributed by atoms with Crippen molar-refractivity contribution in [1.29, 1.82) is 0 Å². The summed E-state index contributed by atoms with van der Waals surface area (Å²) in [5.74, 6) is 0.682. The van der Waals surface area contributed by atoms with Crippen LogP contribution in [0.1, 0.15) is 0 Å². The third-order valence-corrected chi connectivity index (χ3v) is 2.16. The first kappa shape index (κ1) is 8.74. The van der Waals surface area contributed by atoms with E-state index in [0.717, 1.165) is 5.69 Å². The number of para-hydroxylation sites is 1. The van der Waals surface area contributed by atoms with Crippen molar-refractivity contribution in [2.75, 3.05) is 14.1 Å². The highest BCUT2D eigenvalue weighted by Gasteiger charge is 2.34. The number of nitrogens with zero attached hydrogens (tertiary/aromatic N) is 3. The third kappa shape index (κ3) is 1.25. The van der Waals surface area contributed by atoms with E-state index in [1.165, 1.54) is 9.80 Å². The number of benzene rings is 1. The number of rotatable bonds is 1. The number of amides is 2. The summed E-state index contributed by atoms with van der Waals surface area (Å²) in [6.07, 6.45) is 0. The molecule has 1 heterocycles. The van der Waals surface area contributed by atoms with Crippen molar-refractivity contribution >= 4 is 17.7 Å². The summed E-state index contributed by atoms with van der Waals surface area (Å²) in [4.78, 5) is 18.5. The average Bonchev–Trinajstić information content (AvgIpc) is 2.26. The SMILES string of the molecule is CN1C(=O)N(C)C1=Nc1ccccc1. The Hall–Kier alpha value is -1.84. The zero-order chi connectivity index (χ0) is 10.1. The Bertz CT molecular complexity index is 372. The van der Waals surface area contributed by atoms with E-state index < -0.39 is 0 Å². The molecule has 0 N–H and O–H groups in total. The second-order valence-corrected chi connectivity index (χ2v) is 3.15. The molecule has 0 bridgehead atoms. The molecular formula is C10H11N3O. The van der Waals surface area contributed by atoms with E-state index in [4.69, 9.17) is 0 Å². The summed E-state index contributed by atoms with van der Waals surface area (Å²) in [6, 6.07) is 9.54. The van der Waals surface area contributed by atoms with E-state index in [-0.39, 0.29) is 6.03 Å². The van der Waals surface area contributed by atoms with Crippen LogP contribution in [-0.4, -0.2) is 35.9 Å². The molecule has 4 nitrogen and oxygen atoms in total. The average molecular weight is 189 g/mol. The van der Waals surface area contributed by atoms with Gasteiger partial charge in [-0.2, -0.15) is 0 Å². The highest BCUT2D eigenvalue weighted by molar-refractivity contribution is 6.14. The van der Waals surface area contributed by atoms with Gasteiger partial charge in [-0.1, -0.05) is 18.2 Å². The van der Waals surface area contributed by atoms with E-state index in [1.807, 2.05) is 30.3 Å². The molecule has 1 aliphatic rings. The normalized spacial score (nSPS) is 15.6. The van der Waals surface area contributed by atoms with Crippen molar-refractivity contribution in [3.05, 3.63) is 30.3 Å². The minimum Gasteiger partial charge on any atom is -0.266 e. The summed E-state index contributed by atoms with van der Waals surface area (Å²) in [5, 5.41) is 0. The smallest absolute Gasteiger partial charge is 0.266 e. The first-order chi connectivity index (χ1) is 6.70. The summed E-state index contributed by atoms with van der Waals surface area (Å²) < 4.78 is 0. The summed E-state index contributed by atoms with van der Waals surface area (Å²) >= 11 is 0. The van der Waals surface area contributed by atoms with Crippen molar-refractivity contribution in [2.45, 2.75) is 0 Å². The Balaban J connectivity index is 2.25. The highest BCUT2D eigenvalue weighted by atomic mass is 16.2. The van der Waals surface area contributed by atoms with Gasteiger partial charge in [0, 0.05) is 14.1 Å². The fraction of sp³-hybridized carbons (Fsp3) is 0.200. The second-order valence-electron chi connectivity index (χ2n) is 3.15. The molecule has 1 aromatic carbocycles. The molecule has 14 heavy (non-hydrogen) atoms. The molecule has 72 valence electrons. The molecule has 0 aromatic heterocycles. The zero-order valence-corrected chi connectivity index (χ0v) is 8.14. The second kappa shape index (κ2) is 3.14. The molecule has 0 unspecified atom stereocenters. The molecule has 0 spiro atoms. The van der Waals surface area contributed by atoms with Crippen molar-refractivity contribution in [2.24, 2.45) is 4.99 Å². The topological polar surface area (TPSA) is 35.9 Å². The summed E-state index contributed by atoms with van der Waals surface area (Å²) in [7, 11) is 3.42. The van der Waals surface area contributed by atoms with Gasteiger partial charge in [0.15, 0.2) is 0 Å². The van der Waals surface area contributed by atoms with Gasteiger partial charge < -0.3 is 0 Å². The lowest BCUT2D eigenvalue weighted by molar-refractivity contribution is 0.183. The number of aliphatic imine (C=N–C) groups is 1. The van der Waals surface area contributed by atoms with Gasteiger partial charge in [0.05, 0.1) is 5.69 Å². The van der Waals surface area contributed by atoms with Crippen molar-refractivity contribution in [1.82, 2.24) is 9.80 Å². The highest BCUT2D eigenvalue weighted by Crippen LogP contribution is 2.17. The first-order valence-electron chi connectivity index (χ1n) is 4.35. The molecule has 0 radical (unpaired) electrons. The minimum atomic E-state index is -0.0281. The van der Waals surface area contributed by atoms with Crippen LogP contribution in [0, 0.1) is 0 Å². The largest absolute Gasteiger partial charge is 0.333 e. The molecule has 0 aliphatic carbocycles. The maximum absolute atomic E-state index is 11.1. The number of guanidine groups is 1. The van der Waals surface area contributed by atoms with Gasteiger partial charge in [0.1, 0.15) is 0 Å². The maximum Gasteiger partial charge on any atom is 0.333 e. The van der Waals surface area contributed by atoms with E-state index >= 15 is 0 Å². The van der Waals surface area contributed by atoms with E-state index in [9.17, 15) is 4.79 Å². The molecular weight excluding hydrogens is 178 g/mol. The van der Waals surface area contributed by atoms with Crippen LogP contribution < -0.4 is 0 Å². The lowest BCUT2D eigenvalue weighted by atomic mass is 10.3. The quantitative estimate of drug-likeness (QED) is 0.662. The van der Waals surface area contributed by atoms with Crippen LogP contribution in [0.15, 0.2) is 35.3 Å². The maximum atomic E-state index is 11.1. The van der Waals surface area contributed by atoms with Gasteiger partial charge in [-0.15, -0.1) is 0 Å². The number of hydrogen-bond donors (Lipinski definition) is 0. The Morgan fingerprint density at radius 2 is 1.64 bits per heavy atom. The fourth-order valence-corrected chi connectivity index (χ4v) is 1.34. The van der Waals surface area contributed by atoms with Gasteiger partial charge in [0.2, 0.25) is 5.96 Å². The van der Waals surface area contributed by atoms with E-state index in [1.54, 1.807) is 14.1 Å². The molecule has 0 saturated carbocycles. The lowest BCUT2D eigenvalue weighted by Crippen LogP contribution is -2.60. The monoisotopic (exact) mass is 189 g/mol. The van der Waals surface area contributed by atoms with E-state index in [0.29, 0.717) is 5.96 Å². The van der Waals surface area contributed by atoms with Crippen LogP contribution in [0.3, 0.4) is 0 Å². The first-order valence-corrected chi connectivity index (χ1v) is 4.35.